The molecule has 6 heteroatoms. The molecule has 164 valence electrons. The predicted molar refractivity (Wildman–Crippen MR) is 123 cm³/mol. The molecule has 2 heterocycles. The van der Waals surface area contributed by atoms with Crippen molar-refractivity contribution in [3.63, 3.8) is 0 Å². The van der Waals surface area contributed by atoms with Crippen molar-refractivity contribution in [3.8, 4) is 17.2 Å². The Bertz CT molecular complexity index is 963. The van der Waals surface area contributed by atoms with Crippen molar-refractivity contribution in [3.05, 3.63) is 47.2 Å². The molecule has 1 aromatic carbocycles. The number of nitriles is 1. The third-order valence-electron chi connectivity index (χ3n) is 5.83. The lowest BCUT2D eigenvalue weighted by Crippen LogP contribution is -2.54. The number of aryl methyl sites for hydroxylation is 1. The minimum atomic E-state index is 0.0470. The van der Waals surface area contributed by atoms with Crippen molar-refractivity contribution < 1.29 is 9.53 Å². The van der Waals surface area contributed by atoms with Gasteiger partial charge in [0.25, 0.3) is 0 Å². The summed E-state index contributed by atoms with van der Waals surface area (Å²) in [6.45, 7) is 10.7. The molecule has 1 fully saturated rings. The van der Waals surface area contributed by atoms with Gasteiger partial charge in [-0.1, -0.05) is 43.7 Å². The van der Waals surface area contributed by atoms with E-state index in [1.807, 2.05) is 17.9 Å². The van der Waals surface area contributed by atoms with E-state index in [1.165, 1.54) is 5.56 Å². The first-order chi connectivity index (χ1) is 14.8. The number of ether oxygens (including phenoxy) is 1. The maximum Gasteiger partial charge on any atom is 0.225 e. The van der Waals surface area contributed by atoms with E-state index < -0.39 is 0 Å². The Kier molecular flexibility index (Phi) is 7.29. The summed E-state index contributed by atoms with van der Waals surface area (Å²) in [5.41, 5.74) is 4.85. The molecule has 1 atom stereocenters. The Balaban J connectivity index is 1.92. The van der Waals surface area contributed by atoms with Crippen molar-refractivity contribution in [2.45, 2.75) is 46.1 Å². The molecule has 0 unspecified atom stereocenters. The maximum atomic E-state index is 12.5. The van der Waals surface area contributed by atoms with Crippen LogP contribution in [0.15, 0.2) is 30.3 Å². The van der Waals surface area contributed by atoms with Crippen LogP contribution in [0.5, 0.6) is 0 Å². The number of piperazine rings is 1. The average molecular weight is 421 g/mol. The van der Waals surface area contributed by atoms with Crippen LogP contribution in [0.3, 0.4) is 0 Å². The number of hydrogen-bond acceptors (Lipinski definition) is 5. The monoisotopic (exact) mass is 420 g/mol. The van der Waals surface area contributed by atoms with E-state index in [9.17, 15) is 10.1 Å². The molecule has 31 heavy (non-hydrogen) atoms. The molecular formula is C25H32N4O2. The van der Waals surface area contributed by atoms with Crippen LogP contribution in [0.1, 0.15) is 49.9 Å². The fraction of sp³-hybridized carbons (Fsp3) is 0.480. The van der Waals surface area contributed by atoms with Crippen LogP contribution in [0, 0.1) is 18.3 Å². The second-order valence-corrected chi connectivity index (χ2v) is 8.55. The van der Waals surface area contributed by atoms with E-state index in [0.29, 0.717) is 38.2 Å². The summed E-state index contributed by atoms with van der Waals surface area (Å²) < 4.78 is 5.05. The van der Waals surface area contributed by atoms with Crippen LogP contribution in [0.25, 0.3) is 11.1 Å². The summed E-state index contributed by atoms with van der Waals surface area (Å²) in [5.74, 6) is 1.05. The van der Waals surface area contributed by atoms with Gasteiger partial charge in [0.1, 0.15) is 11.9 Å². The van der Waals surface area contributed by atoms with E-state index in [4.69, 9.17) is 9.72 Å². The fourth-order valence-electron chi connectivity index (χ4n) is 4.10. The highest BCUT2D eigenvalue weighted by molar-refractivity contribution is 5.77. The molecule has 1 amide bonds. The molecule has 2 aromatic rings. The van der Waals surface area contributed by atoms with Gasteiger partial charge in [0, 0.05) is 38.3 Å². The van der Waals surface area contributed by atoms with Crippen LogP contribution in [-0.4, -0.2) is 55.2 Å². The molecule has 1 aliphatic rings. The normalized spacial score (nSPS) is 16.5. The standard InChI is InChI=1S/C25H32N4O2/c1-17(2)24-22(20-8-6-18(3)7-9-20)14-21(15-26)25(27-24)28-11-12-29(19(4)16-28)23(30)10-13-31-5/h6-9,14,17,19H,10-13,16H2,1-5H3/t19-/m1/s1. The molecule has 0 bridgehead atoms. The fourth-order valence-corrected chi connectivity index (χ4v) is 4.10. The molecule has 1 aromatic heterocycles. The quantitative estimate of drug-likeness (QED) is 0.703. The number of methoxy groups -OCH3 is 1. The van der Waals surface area contributed by atoms with Gasteiger partial charge in [-0.15, -0.1) is 0 Å². The van der Waals surface area contributed by atoms with E-state index in [1.54, 1.807) is 7.11 Å². The van der Waals surface area contributed by atoms with E-state index in [2.05, 4.69) is 56.0 Å². The van der Waals surface area contributed by atoms with Gasteiger partial charge in [-0.2, -0.15) is 5.26 Å². The van der Waals surface area contributed by atoms with Crippen molar-refractivity contribution in [2.24, 2.45) is 0 Å². The zero-order valence-corrected chi connectivity index (χ0v) is 19.2. The second-order valence-electron chi connectivity index (χ2n) is 8.55. The SMILES string of the molecule is COCCC(=O)N1CCN(c2nc(C(C)C)c(-c3ccc(C)cc3)cc2C#N)C[C@H]1C. The smallest absolute Gasteiger partial charge is 0.225 e. The highest BCUT2D eigenvalue weighted by Gasteiger charge is 2.29. The lowest BCUT2D eigenvalue weighted by molar-refractivity contribution is -0.134. The first kappa shape index (κ1) is 22.8. The van der Waals surface area contributed by atoms with Gasteiger partial charge in [0.05, 0.1) is 24.3 Å². The summed E-state index contributed by atoms with van der Waals surface area (Å²) in [5, 5.41) is 9.90. The molecule has 1 saturated heterocycles. The molecule has 0 spiro atoms. The van der Waals surface area contributed by atoms with Crippen LogP contribution in [0.4, 0.5) is 5.82 Å². The lowest BCUT2D eigenvalue weighted by atomic mass is 9.95. The van der Waals surface area contributed by atoms with Gasteiger partial charge >= 0.3 is 0 Å². The molecule has 0 N–H and O–H groups in total. The van der Waals surface area contributed by atoms with E-state index in [0.717, 1.165) is 22.6 Å². The van der Waals surface area contributed by atoms with Gasteiger partial charge in [-0.25, -0.2) is 4.98 Å². The Hall–Kier alpha value is -2.91. The highest BCUT2D eigenvalue weighted by Crippen LogP contribution is 2.33. The van der Waals surface area contributed by atoms with Crippen LogP contribution < -0.4 is 4.90 Å². The number of carbonyl (C=O) groups is 1. The molecule has 6 nitrogen and oxygen atoms in total. The molecule has 1 aliphatic heterocycles. The minimum absolute atomic E-state index is 0.0470. The van der Waals surface area contributed by atoms with Gasteiger partial charge in [0.15, 0.2) is 0 Å². The number of nitrogens with zero attached hydrogens (tertiary/aromatic N) is 4. The number of anilines is 1. The zero-order chi connectivity index (χ0) is 22.5. The Morgan fingerprint density at radius 2 is 2.00 bits per heavy atom. The zero-order valence-electron chi connectivity index (χ0n) is 19.2. The molecule has 0 aliphatic carbocycles. The predicted octanol–water partition coefficient (Wildman–Crippen LogP) is 4.13. The number of rotatable bonds is 6. The lowest BCUT2D eigenvalue weighted by Gasteiger charge is -2.41. The second kappa shape index (κ2) is 9.93. The summed E-state index contributed by atoms with van der Waals surface area (Å²) >= 11 is 0. The maximum absolute atomic E-state index is 12.5. The number of aromatic nitrogens is 1. The summed E-state index contributed by atoms with van der Waals surface area (Å²) in [6.07, 6.45) is 0.394. The summed E-state index contributed by atoms with van der Waals surface area (Å²) in [4.78, 5) is 21.5. The largest absolute Gasteiger partial charge is 0.384 e. The number of pyridine rings is 1. The van der Waals surface area contributed by atoms with Crippen molar-refractivity contribution in [1.29, 1.82) is 5.26 Å². The summed E-state index contributed by atoms with van der Waals surface area (Å²) in [6, 6.07) is 12.7. The number of carbonyl (C=O) groups excluding carboxylic acids is 1. The van der Waals surface area contributed by atoms with Crippen LogP contribution >= 0.6 is 0 Å². The highest BCUT2D eigenvalue weighted by atomic mass is 16.5. The van der Waals surface area contributed by atoms with Crippen molar-refractivity contribution in [2.75, 3.05) is 38.3 Å². The molecular weight excluding hydrogens is 388 g/mol. The topological polar surface area (TPSA) is 69.5 Å². The van der Waals surface area contributed by atoms with Gasteiger partial charge in [-0.05, 0) is 31.4 Å². The van der Waals surface area contributed by atoms with E-state index in [-0.39, 0.29) is 17.9 Å². The van der Waals surface area contributed by atoms with E-state index >= 15 is 0 Å². The first-order valence-corrected chi connectivity index (χ1v) is 10.9. The Labute approximate surface area is 185 Å². The van der Waals surface area contributed by atoms with Crippen LogP contribution in [0.2, 0.25) is 0 Å². The Morgan fingerprint density at radius 3 is 2.58 bits per heavy atom. The number of amides is 1. The van der Waals surface area contributed by atoms with Gasteiger partial charge < -0.3 is 14.5 Å². The Morgan fingerprint density at radius 1 is 1.29 bits per heavy atom. The van der Waals surface area contributed by atoms with Crippen molar-refractivity contribution >= 4 is 11.7 Å². The number of benzene rings is 1. The molecule has 0 saturated carbocycles. The van der Waals surface area contributed by atoms with Crippen LogP contribution in [-0.2, 0) is 9.53 Å². The van der Waals surface area contributed by atoms with Gasteiger partial charge in [-0.3, -0.25) is 4.79 Å². The van der Waals surface area contributed by atoms with Gasteiger partial charge in [0.2, 0.25) is 5.91 Å². The van der Waals surface area contributed by atoms with Crippen molar-refractivity contribution in [1.82, 2.24) is 9.88 Å². The first-order valence-electron chi connectivity index (χ1n) is 10.9. The molecule has 0 radical (unpaired) electrons. The summed E-state index contributed by atoms with van der Waals surface area (Å²) in [7, 11) is 1.61. The number of hydrogen-bond donors (Lipinski definition) is 0. The average Bonchev–Trinajstić information content (AvgIpc) is 2.76. The third-order valence-corrected chi connectivity index (χ3v) is 5.83. The minimum Gasteiger partial charge on any atom is -0.384 e. The third kappa shape index (κ3) is 5.05. The molecule has 3 rings (SSSR count).